The molecule has 0 spiro atoms. The van der Waals surface area contributed by atoms with E-state index < -0.39 is 0 Å². The Labute approximate surface area is 131 Å². The highest BCUT2D eigenvalue weighted by molar-refractivity contribution is 14.1. The van der Waals surface area contributed by atoms with Crippen LogP contribution >= 0.6 is 34.2 Å². The van der Waals surface area contributed by atoms with E-state index in [2.05, 4.69) is 27.6 Å². The number of rotatable bonds is 5. The molecule has 0 saturated carbocycles. The van der Waals surface area contributed by atoms with Crippen molar-refractivity contribution in [2.75, 3.05) is 4.43 Å². The van der Waals surface area contributed by atoms with E-state index >= 15 is 0 Å². The Morgan fingerprint density at radius 3 is 2.84 bits per heavy atom. The maximum absolute atomic E-state index is 12.4. The van der Waals surface area contributed by atoms with Crippen LogP contribution in [0.3, 0.4) is 0 Å². The maximum Gasteiger partial charge on any atom is 0.261 e. The van der Waals surface area contributed by atoms with Gasteiger partial charge in [-0.15, -0.1) is 0 Å². The second-order valence-electron chi connectivity index (χ2n) is 4.61. The van der Waals surface area contributed by atoms with Gasteiger partial charge in [0.15, 0.2) is 0 Å². The number of benzene rings is 1. The van der Waals surface area contributed by atoms with E-state index in [9.17, 15) is 4.79 Å². The van der Waals surface area contributed by atoms with Crippen LogP contribution in [0.4, 0.5) is 0 Å². The second-order valence-corrected chi connectivity index (χ2v) is 6.13. The van der Waals surface area contributed by atoms with Crippen molar-refractivity contribution in [1.82, 2.24) is 9.55 Å². The van der Waals surface area contributed by atoms with Crippen molar-refractivity contribution in [1.29, 1.82) is 0 Å². The number of fused-ring (bicyclic) bond motifs is 1. The van der Waals surface area contributed by atoms with Crippen LogP contribution in [0, 0.1) is 6.92 Å². The number of aromatic nitrogens is 2. The van der Waals surface area contributed by atoms with Gasteiger partial charge >= 0.3 is 0 Å². The van der Waals surface area contributed by atoms with E-state index in [1.807, 2.05) is 13.0 Å². The van der Waals surface area contributed by atoms with Crippen LogP contribution in [0.5, 0.6) is 0 Å². The Morgan fingerprint density at radius 1 is 1.32 bits per heavy atom. The normalized spacial score (nSPS) is 11.1. The quantitative estimate of drug-likeness (QED) is 0.440. The van der Waals surface area contributed by atoms with Crippen LogP contribution in [0.25, 0.3) is 10.9 Å². The Kier molecular flexibility index (Phi) is 5.21. The topological polar surface area (TPSA) is 34.9 Å². The highest BCUT2D eigenvalue weighted by Gasteiger charge is 2.07. The molecule has 0 aliphatic rings. The van der Waals surface area contributed by atoms with Crippen molar-refractivity contribution < 1.29 is 0 Å². The van der Waals surface area contributed by atoms with Gasteiger partial charge < -0.3 is 0 Å². The zero-order valence-corrected chi connectivity index (χ0v) is 13.7. The van der Waals surface area contributed by atoms with Gasteiger partial charge in [0.1, 0.15) is 0 Å². The number of hydrogen-bond donors (Lipinski definition) is 0. The molecule has 0 fully saturated rings. The molecule has 1 aromatic carbocycles. The summed E-state index contributed by atoms with van der Waals surface area (Å²) >= 11 is 8.39. The molecule has 2 rings (SSSR count). The Bertz CT molecular complexity index is 639. The van der Waals surface area contributed by atoms with Crippen molar-refractivity contribution in [3.05, 3.63) is 39.4 Å². The molecule has 0 unspecified atom stereocenters. The highest BCUT2D eigenvalue weighted by atomic mass is 127. The smallest absolute Gasteiger partial charge is 0.261 e. The van der Waals surface area contributed by atoms with Crippen molar-refractivity contribution in [3.63, 3.8) is 0 Å². The summed E-state index contributed by atoms with van der Waals surface area (Å²) in [5.41, 5.74) is 1.69. The summed E-state index contributed by atoms with van der Waals surface area (Å²) in [6.07, 6.45) is 4.99. The minimum absolute atomic E-state index is 0.00470. The molecule has 1 aromatic heterocycles. The lowest BCUT2D eigenvalue weighted by Crippen LogP contribution is -2.21. The van der Waals surface area contributed by atoms with E-state index in [0.29, 0.717) is 10.4 Å². The van der Waals surface area contributed by atoms with Gasteiger partial charge in [0.2, 0.25) is 0 Å². The van der Waals surface area contributed by atoms with Gasteiger partial charge in [-0.2, -0.15) is 0 Å². The molecular formula is C14H16ClIN2O. The summed E-state index contributed by atoms with van der Waals surface area (Å²) < 4.78 is 2.85. The molecule has 0 radical (unpaired) electrons. The van der Waals surface area contributed by atoms with Crippen LogP contribution in [-0.2, 0) is 6.54 Å². The summed E-state index contributed by atoms with van der Waals surface area (Å²) in [6, 6.07) is 3.54. The lowest BCUT2D eigenvalue weighted by atomic mass is 10.1. The summed E-state index contributed by atoms with van der Waals surface area (Å²) in [5.74, 6) is 0. The monoisotopic (exact) mass is 390 g/mol. The largest absolute Gasteiger partial charge is 0.299 e. The van der Waals surface area contributed by atoms with Crippen molar-refractivity contribution in [3.8, 4) is 0 Å². The first-order valence-electron chi connectivity index (χ1n) is 6.34. The average molecular weight is 391 g/mol. The zero-order chi connectivity index (χ0) is 13.8. The van der Waals surface area contributed by atoms with E-state index in [1.165, 1.54) is 6.42 Å². The molecular weight excluding hydrogens is 375 g/mol. The third kappa shape index (κ3) is 3.48. The van der Waals surface area contributed by atoms with Crippen molar-refractivity contribution in [2.45, 2.75) is 32.7 Å². The lowest BCUT2D eigenvalue weighted by Gasteiger charge is -2.08. The number of alkyl halides is 1. The molecule has 0 aliphatic carbocycles. The summed E-state index contributed by atoms with van der Waals surface area (Å²) in [7, 11) is 0. The molecule has 0 bridgehead atoms. The molecule has 19 heavy (non-hydrogen) atoms. The molecule has 3 nitrogen and oxygen atoms in total. The molecule has 0 saturated heterocycles. The van der Waals surface area contributed by atoms with Gasteiger partial charge in [-0.05, 0) is 41.9 Å². The Hall–Kier alpha value is -0.620. The number of unbranched alkanes of at least 4 members (excludes halogenated alkanes) is 2. The molecule has 2 aromatic rings. The number of halogens is 2. The van der Waals surface area contributed by atoms with Crippen LogP contribution < -0.4 is 5.56 Å². The van der Waals surface area contributed by atoms with Gasteiger partial charge in [0.05, 0.1) is 17.2 Å². The Morgan fingerprint density at radius 2 is 2.11 bits per heavy atom. The Balaban J connectivity index is 2.32. The van der Waals surface area contributed by atoms with Crippen LogP contribution in [0.15, 0.2) is 23.3 Å². The summed E-state index contributed by atoms with van der Waals surface area (Å²) in [4.78, 5) is 16.7. The van der Waals surface area contributed by atoms with Crippen LogP contribution in [-0.4, -0.2) is 14.0 Å². The minimum atomic E-state index is 0.00470. The first kappa shape index (κ1) is 14.8. The second kappa shape index (κ2) is 6.70. The van der Waals surface area contributed by atoms with Gasteiger partial charge in [0, 0.05) is 11.6 Å². The van der Waals surface area contributed by atoms with E-state index in [4.69, 9.17) is 11.6 Å². The predicted octanol–water partition coefficient (Wildman–Crippen LogP) is 3.96. The standard InChI is InChI=1S/C14H16ClIN2O/c1-10-7-11(15)8-12-13(10)17-9-18(14(12)19)6-4-2-3-5-16/h7-9H,2-6H2,1H3. The number of hydrogen-bond acceptors (Lipinski definition) is 2. The van der Waals surface area contributed by atoms with E-state index in [0.717, 1.165) is 34.9 Å². The van der Waals surface area contributed by atoms with E-state index in [-0.39, 0.29) is 5.56 Å². The van der Waals surface area contributed by atoms with Gasteiger partial charge in [-0.3, -0.25) is 9.36 Å². The molecule has 0 atom stereocenters. The fourth-order valence-corrected chi connectivity index (χ4v) is 2.93. The summed E-state index contributed by atoms with van der Waals surface area (Å²) in [5, 5.41) is 1.20. The molecule has 1 heterocycles. The fourth-order valence-electron chi connectivity index (χ4n) is 2.12. The molecule has 102 valence electrons. The maximum atomic E-state index is 12.4. The summed E-state index contributed by atoms with van der Waals surface area (Å²) in [6.45, 7) is 2.65. The molecule has 0 N–H and O–H groups in total. The lowest BCUT2D eigenvalue weighted by molar-refractivity contribution is 0.587. The minimum Gasteiger partial charge on any atom is -0.299 e. The predicted molar refractivity (Wildman–Crippen MR) is 88.5 cm³/mol. The van der Waals surface area contributed by atoms with Gasteiger partial charge in [-0.25, -0.2) is 4.98 Å². The van der Waals surface area contributed by atoms with Gasteiger partial charge in [0.25, 0.3) is 5.56 Å². The number of aryl methyl sites for hydroxylation is 2. The van der Waals surface area contributed by atoms with Crippen molar-refractivity contribution in [2.24, 2.45) is 0 Å². The van der Waals surface area contributed by atoms with E-state index in [1.54, 1.807) is 17.0 Å². The molecule has 0 amide bonds. The third-order valence-electron chi connectivity index (χ3n) is 3.12. The number of nitrogens with zero attached hydrogens (tertiary/aromatic N) is 2. The first-order valence-corrected chi connectivity index (χ1v) is 8.25. The fraction of sp³-hybridized carbons (Fsp3) is 0.429. The average Bonchev–Trinajstić information content (AvgIpc) is 2.37. The van der Waals surface area contributed by atoms with Gasteiger partial charge in [-0.1, -0.05) is 40.6 Å². The molecule has 0 aliphatic heterocycles. The SMILES string of the molecule is Cc1cc(Cl)cc2c(=O)n(CCCCCI)cnc12. The van der Waals surface area contributed by atoms with Crippen molar-refractivity contribution >= 4 is 45.1 Å². The first-order chi connectivity index (χ1) is 9.13. The highest BCUT2D eigenvalue weighted by Crippen LogP contribution is 2.19. The van der Waals surface area contributed by atoms with Crippen LogP contribution in [0.1, 0.15) is 24.8 Å². The zero-order valence-electron chi connectivity index (χ0n) is 10.8. The third-order valence-corrected chi connectivity index (χ3v) is 4.10. The molecule has 5 heteroatoms. The van der Waals surface area contributed by atoms with Crippen LogP contribution in [0.2, 0.25) is 5.02 Å².